The largest absolute Gasteiger partial charge is 0.253 e. The van der Waals surface area contributed by atoms with Crippen molar-refractivity contribution in [2.75, 3.05) is 0 Å². The van der Waals surface area contributed by atoms with Crippen molar-refractivity contribution in [3.63, 3.8) is 0 Å². The predicted octanol–water partition coefficient (Wildman–Crippen LogP) is 3.30. The molecule has 0 atom stereocenters. The molecule has 0 bridgehead atoms. The monoisotopic (exact) mass is 285 g/mol. The van der Waals surface area contributed by atoms with E-state index in [-0.39, 0.29) is 0 Å². The third-order valence-corrected chi connectivity index (χ3v) is 4.92. The lowest BCUT2D eigenvalue weighted by atomic mass is 9.90. The number of hydrogen-bond acceptors (Lipinski definition) is 5. The van der Waals surface area contributed by atoms with Crippen molar-refractivity contribution in [3.8, 4) is 11.5 Å². The molecule has 0 radical (unpaired) electrons. The molecular weight excluding hydrogens is 270 g/mol. The van der Waals surface area contributed by atoms with Crippen LogP contribution >= 0.6 is 11.3 Å². The van der Waals surface area contributed by atoms with Gasteiger partial charge in [0.2, 0.25) is 10.8 Å². The summed E-state index contributed by atoms with van der Waals surface area (Å²) in [4.78, 5) is 5.20. The summed E-state index contributed by atoms with van der Waals surface area (Å²) in [5, 5.41) is 14.4. The van der Waals surface area contributed by atoms with E-state index in [0.717, 1.165) is 16.5 Å². The zero-order valence-electron chi connectivity index (χ0n) is 11.1. The van der Waals surface area contributed by atoms with Gasteiger partial charge < -0.3 is 0 Å². The molecule has 20 heavy (non-hydrogen) atoms. The number of rotatable bonds is 2. The van der Waals surface area contributed by atoms with Gasteiger partial charge in [-0.15, -0.1) is 10.2 Å². The molecule has 4 rings (SSSR count). The number of nitrogens with zero attached hydrogens (tertiary/aromatic N) is 5. The molecule has 0 unspecified atom stereocenters. The van der Waals surface area contributed by atoms with E-state index in [4.69, 9.17) is 5.10 Å². The second-order valence-electron chi connectivity index (χ2n) is 5.21. The zero-order valence-corrected chi connectivity index (χ0v) is 11.9. The normalized spacial score (nSPS) is 16.8. The van der Waals surface area contributed by atoms with Crippen molar-refractivity contribution in [2.24, 2.45) is 0 Å². The van der Waals surface area contributed by atoms with Gasteiger partial charge in [0.15, 0.2) is 0 Å². The lowest BCUT2D eigenvalue weighted by Gasteiger charge is -2.18. The van der Waals surface area contributed by atoms with Crippen molar-refractivity contribution in [1.29, 1.82) is 0 Å². The summed E-state index contributed by atoms with van der Waals surface area (Å²) in [6, 6.07) is 5.80. The van der Waals surface area contributed by atoms with Crippen LogP contribution in [0.2, 0.25) is 0 Å². The maximum atomic E-state index is 4.74. The fourth-order valence-corrected chi connectivity index (χ4v) is 3.81. The summed E-state index contributed by atoms with van der Waals surface area (Å²) < 4.78 is 1.84. The summed E-state index contributed by atoms with van der Waals surface area (Å²) in [5.74, 6) is 1.34. The maximum Gasteiger partial charge on any atom is 0.235 e. The third-order valence-electron chi connectivity index (χ3n) is 3.85. The molecule has 1 fully saturated rings. The Morgan fingerprint density at radius 3 is 2.80 bits per heavy atom. The minimum atomic E-state index is 0.604. The first-order valence-electron chi connectivity index (χ1n) is 7.05. The smallest absolute Gasteiger partial charge is 0.235 e. The van der Waals surface area contributed by atoms with Crippen LogP contribution in [-0.2, 0) is 0 Å². The van der Waals surface area contributed by atoms with Crippen LogP contribution in [0.5, 0.6) is 0 Å². The van der Waals surface area contributed by atoms with Gasteiger partial charge in [-0.2, -0.15) is 9.61 Å². The van der Waals surface area contributed by atoms with Crippen molar-refractivity contribution in [3.05, 3.63) is 29.4 Å². The van der Waals surface area contributed by atoms with Crippen LogP contribution in [0.15, 0.2) is 24.4 Å². The molecule has 1 aliphatic rings. The fourth-order valence-electron chi connectivity index (χ4n) is 2.80. The second-order valence-corrected chi connectivity index (χ2v) is 6.20. The molecule has 0 amide bonds. The Hall–Kier alpha value is -1.82. The lowest BCUT2D eigenvalue weighted by Crippen LogP contribution is -2.05. The van der Waals surface area contributed by atoms with E-state index in [1.165, 1.54) is 37.1 Å². The van der Waals surface area contributed by atoms with Crippen LogP contribution < -0.4 is 0 Å². The summed E-state index contributed by atoms with van der Waals surface area (Å²) >= 11 is 1.67. The van der Waals surface area contributed by atoms with E-state index < -0.39 is 0 Å². The topological polar surface area (TPSA) is 56.0 Å². The van der Waals surface area contributed by atoms with Crippen LogP contribution in [0.3, 0.4) is 0 Å². The van der Waals surface area contributed by atoms with Crippen molar-refractivity contribution >= 4 is 16.3 Å². The summed E-state index contributed by atoms with van der Waals surface area (Å²) in [5.41, 5.74) is 0.820. The average molecular weight is 285 g/mol. The van der Waals surface area contributed by atoms with Crippen molar-refractivity contribution < 1.29 is 0 Å². The molecule has 3 aromatic rings. The van der Waals surface area contributed by atoms with Crippen LogP contribution in [0.1, 0.15) is 43.0 Å². The zero-order chi connectivity index (χ0) is 13.4. The molecule has 3 aromatic heterocycles. The minimum Gasteiger partial charge on any atom is -0.253 e. The van der Waals surface area contributed by atoms with Gasteiger partial charge >= 0.3 is 0 Å². The van der Waals surface area contributed by atoms with E-state index >= 15 is 0 Å². The summed E-state index contributed by atoms with van der Waals surface area (Å²) in [6.45, 7) is 0. The molecule has 0 aliphatic heterocycles. The average Bonchev–Trinajstić information content (AvgIpc) is 3.09. The third kappa shape index (κ3) is 2.00. The van der Waals surface area contributed by atoms with Gasteiger partial charge in [-0.25, -0.2) is 0 Å². The number of fused-ring (bicyclic) bond motifs is 1. The van der Waals surface area contributed by atoms with E-state index in [1.807, 2.05) is 22.7 Å². The lowest BCUT2D eigenvalue weighted by molar-refractivity contribution is 0.440. The van der Waals surface area contributed by atoms with Crippen LogP contribution in [0.25, 0.3) is 16.5 Å². The predicted molar refractivity (Wildman–Crippen MR) is 77.7 cm³/mol. The summed E-state index contributed by atoms with van der Waals surface area (Å²) in [6.07, 6.45) is 8.27. The Balaban J connectivity index is 1.75. The van der Waals surface area contributed by atoms with Gasteiger partial charge in [0.25, 0.3) is 0 Å². The van der Waals surface area contributed by atoms with E-state index in [2.05, 4.69) is 15.2 Å². The molecule has 3 heterocycles. The number of aromatic nitrogens is 5. The van der Waals surface area contributed by atoms with E-state index in [0.29, 0.717) is 5.92 Å². The number of hydrogen-bond donors (Lipinski definition) is 0. The van der Waals surface area contributed by atoms with E-state index in [1.54, 1.807) is 17.5 Å². The molecule has 0 spiro atoms. The molecule has 1 aliphatic carbocycles. The number of pyridine rings is 1. The molecule has 1 saturated carbocycles. The van der Waals surface area contributed by atoms with Gasteiger partial charge in [0, 0.05) is 12.1 Å². The Labute approximate surface area is 120 Å². The molecule has 5 nitrogen and oxygen atoms in total. The standard InChI is InChI=1S/C14H15N5S/c1-2-6-10(7-3-1)13-18-19-12(16-17-14(19)20-13)11-8-4-5-9-15-11/h4-5,8-10H,1-3,6-7H2. The Kier molecular flexibility index (Phi) is 2.95. The Morgan fingerprint density at radius 1 is 1.10 bits per heavy atom. The molecule has 0 saturated heterocycles. The minimum absolute atomic E-state index is 0.604. The van der Waals surface area contributed by atoms with Crippen molar-refractivity contribution in [2.45, 2.75) is 38.0 Å². The van der Waals surface area contributed by atoms with E-state index in [9.17, 15) is 0 Å². The highest BCUT2D eigenvalue weighted by molar-refractivity contribution is 7.16. The SMILES string of the molecule is c1ccc(-c2nnc3sc(C4CCCCC4)nn23)nc1. The molecule has 102 valence electrons. The fraction of sp³-hybridized carbons (Fsp3) is 0.429. The maximum absolute atomic E-state index is 4.74. The van der Waals surface area contributed by atoms with Crippen LogP contribution in [0, 0.1) is 0 Å². The highest BCUT2D eigenvalue weighted by Crippen LogP contribution is 2.35. The molecule has 0 aromatic carbocycles. The second kappa shape index (κ2) is 4.94. The Bertz CT molecular complexity index is 712. The highest BCUT2D eigenvalue weighted by Gasteiger charge is 2.22. The van der Waals surface area contributed by atoms with Gasteiger partial charge in [-0.3, -0.25) is 4.98 Å². The van der Waals surface area contributed by atoms with Gasteiger partial charge in [-0.05, 0) is 25.0 Å². The first-order valence-corrected chi connectivity index (χ1v) is 7.87. The Morgan fingerprint density at radius 2 is 2.00 bits per heavy atom. The quantitative estimate of drug-likeness (QED) is 0.725. The van der Waals surface area contributed by atoms with Gasteiger partial charge in [-0.1, -0.05) is 36.7 Å². The molecule has 0 N–H and O–H groups in total. The van der Waals surface area contributed by atoms with Gasteiger partial charge in [0.05, 0.1) is 0 Å². The van der Waals surface area contributed by atoms with Crippen LogP contribution in [-0.4, -0.2) is 24.8 Å². The van der Waals surface area contributed by atoms with Gasteiger partial charge in [0.1, 0.15) is 10.7 Å². The molecule has 6 heteroatoms. The summed E-state index contributed by atoms with van der Waals surface area (Å²) in [7, 11) is 0. The molecular formula is C14H15N5S. The first-order chi connectivity index (χ1) is 9.92. The first kappa shape index (κ1) is 12.0. The highest BCUT2D eigenvalue weighted by atomic mass is 32.1. The van der Waals surface area contributed by atoms with Crippen LogP contribution in [0.4, 0.5) is 0 Å². The van der Waals surface area contributed by atoms with Crippen molar-refractivity contribution in [1.82, 2.24) is 24.8 Å².